The first kappa shape index (κ1) is 20.7. The average Bonchev–Trinajstić information content (AvgIpc) is 2.77. The van der Waals surface area contributed by atoms with E-state index < -0.39 is 5.97 Å². The third kappa shape index (κ3) is 4.54. The van der Waals surface area contributed by atoms with Crippen molar-refractivity contribution < 1.29 is 29.0 Å². The summed E-state index contributed by atoms with van der Waals surface area (Å²) in [5, 5.41) is 9.80. The normalized spacial score (nSPS) is 16.2. The van der Waals surface area contributed by atoms with Gasteiger partial charge in [-0.1, -0.05) is 18.2 Å². The Morgan fingerprint density at radius 3 is 2.69 bits per heavy atom. The van der Waals surface area contributed by atoms with E-state index in [4.69, 9.17) is 9.47 Å². The highest BCUT2D eigenvalue weighted by atomic mass is 32.2. The number of thioether (sulfide) groups is 1. The second-order valence-corrected chi connectivity index (χ2v) is 7.53. The molecule has 0 aromatic heterocycles. The maximum absolute atomic E-state index is 13.2. The van der Waals surface area contributed by atoms with Crippen LogP contribution in [0, 0.1) is 0 Å². The first-order valence-corrected chi connectivity index (χ1v) is 10.2. The Balaban J connectivity index is 1.80. The molecule has 1 saturated heterocycles. The Labute approximate surface area is 172 Å². The fraction of sp³-hybridized carbons (Fsp3) is 0.286. The minimum atomic E-state index is -0.566. The van der Waals surface area contributed by atoms with E-state index in [0.29, 0.717) is 18.6 Å². The van der Waals surface area contributed by atoms with Crippen molar-refractivity contribution in [2.75, 3.05) is 31.8 Å². The lowest BCUT2D eigenvalue weighted by Crippen LogP contribution is -2.49. The maximum Gasteiger partial charge on any atom is 0.338 e. The largest absolute Gasteiger partial charge is 0.507 e. The minimum absolute atomic E-state index is 0.0740. The van der Waals surface area contributed by atoms with Gasteiger partial charge in [0.1, 0.15) is 18.1 Å². The van der Waals surface area contributed by atoms with Crippen LogP contribution in [-0.2, 0) is 4.74 Å². The number of phenols is 1. The monoisotopic (exact) mass is 415 g/mol. The summed E-state index contributed by atoms with van der Waals surface area (Å²) in [6, 6.07) is 10.9. The standard InChI is InChI=1S/C21H21NO6S/c1-27-21(26)16-6-3-2-5-15(16)20(25)22-9-10-29-13-14(22)12-28-19-8-4-7-18(24)17(19)11-23/h2-8,11,14,24H,9-10,12-13H2,1H3. The number of aldehydes is 1. The van der Waals surface area contributed by atoms with Crippen molar-refractivity contribution in [1.82, 2.24) is 4.90 Å². The van der Waals surface area contributed by atoms with Crippen LogP contribution >= 0.6 is 11.8 Å². The second kappa shape index (κ2) is 9.47. The average molecular weight is 415 g/mol. The molecule has 0 spiro atoms. The van der Waals surface area contributed by atoms with Gasteiger partial charge in [-0.05, 0) is 24.3 Å². The molecule has 0 aliphatic carbocycles. The van der Waals surface area contributed by atoms with Gasteiger partial charge < -0.3 is 19.5 Å². The lowest BCUT2D eigenvalue weighted by molar-refractivity contribution is 0.0576. The smallest absolute Gasteiger partial charge is 0.338 e. The predicted molar refractivity (Wildman–Crippen MR) is 109 cm³/mol. The number of phenolic OH excluding ortho intramolecular Hbond substituents is 1. The molecule has 8 heteroatoms. The Hall–Kier alpha value is -3.00. The highest BCUT2D eigenvalue weighted by Gasteiger charge is 2.31. The quantitative estimate of drug-likeness (QED) is 0.573. The van der Waals surface area contributed by atoms with Crippen LogP contribution in [0.15, 0.2) is 42.5 Å². The molecule has 1 aliphatic rings. The number of ether oxygens (including phenoxy) is 2. The van der Waals surface area contributed by atoms with E-state index in [0.717, 1.165) is 5.75 Å². The number of aromatic hydroxyl groups is 1. The lowest BCUT2D eigenvalue weighted by Gasteiger charge is -2.35. The molecule has 3 rings (SSSR count). The number of hydrogen-bond donors (Lipinski definition) is 1. The Morgan fingerprint density at radius 1 is 1.21 bits per heavy atom. The molecule has 1 aliphatic heterocycles. The van der Waals surface area contributed by atoms with E-state index in [1.54, 1.807) is 53.1 Å². The predicted octanol–water partition coefficient (Wildman–Crippen LogP) is 2.63. The van der Waals surface area contributed by atoms with Crippen molar-refractivity contribution in [3.05, 3.63) is 59.2 Å². The van der Waals surface area contributed by atoms with Crippen LogP contribution in [0.4, 0.5) is 0 Å². The third-order valence-electron chi connectivity index (χ3n) is 4.64. The van der Waals surface area contributed by atoms with Crippen LogP contribution in [0.2, 0.25) is 0 Å². The molecule has 1 unspecified atom stereocenters. The van der Waals surface area contributed by atoms with Crippen molar-refractivity contribution in [1.29, 1.82) is 0 Å². The van der Waals surface area contributed by atoms with Crippen molar-refractivity contribution in [2.24, 2.45) is 0 Å². The molecule has 152 valence electrons. The SMILES string of the molecule is COC(=O)c1ccccc1C(=O)N1CCSCC1COc1cccc(O)c1C=O. The molecular weight excluding hydrogens is 394 g/mol. The molecule has 7 nitrogen and oxygen atoms in total. The first-order valence-electron chi connectivity index (χ1n) is 9.02. The Bertz CT molecular complexity index is 916. The van der Waals surface area contributed by atoms with Gasteiger partial charge in [0.25, 0.3) is 5.91 Å². The van der Waals surface area contributed by atoms with Gasteiger partial charge in [0.2, 0.25) is 0 Å². The molecule has 0 saturated carbocycles. The molecule has 2 aromatic carbocycles. The van der Waals surface area contributed by atoms with E-state index in [2.05, 4.69) is 0 Å². The molecule has 2 aromatic rings. The molecule has 1 fully saturated rings. The zero-order chi connectivity index (χ0) is 20.8. The summed E-state index contributed by atoms with van der Waals surface area (Å²) >= 11 is 1.70. The third-order valence-corrected chi connectivity index (χ3v) is 5.74. The van der Waals surface area contributed by atoms with Gasteiger partial charge in [-0.15, -0.1) is 0 Å². The number of rotatable bonds is 6. The number of amides is 1. The van der Waals surface area contributed by atoms with Crippen LogP contribution < -0.4 is 4.74 Å². The second-order valence-electron chi connectivity index (χ2n) is 6.38. The number of benzene rings is 2. The zero-order valence-corrected chi connectivity index (χ0v) is 16.7. The van der Waals surface area contributed by atoms with E-state index >= 15 is 0 Å². The fourth-order valence-corrected chi connectivity index (χ4v) is 4.18. The number of hydrogen-bond acceptors (Lipinski definition) is 7. The summed E-state index contributed by atoms with van der Waals surface area (Å²) in [5.41, 5.74) is 0.571. The van der Waals surface area contributed by atoms with Gasteiger partial charge in [0.05, 0.1) is 29.8 Å². The van der Waals surface area contributed by atoms with Crippen molar-refractivity contribution >= 4 is 29.9 Å². The first-order chi connectivity index (χ1) is 14.1. The minimum Gasteiger partial charge on any atom is -0.507 e. The lowest BCUT2D eigenvalue weighted by atomic mass is 10.1. The highest BCUT2D eigenvalue weighted by Crippen LogP contribution is 2.27. The molecule has 29 heavy (non-hydrogen) atoms. The number of nitrogens with zero attached hydrogens (tertiary/aromatic N) is 1. The van der Waals surface area contributed by atoms with Crippen LogP contribution in [0.3, 0.4) is 0 Å². The number of esters is 1. The maximum atomic E-state index is 13.2. The van der Waals surface area contributed by atoms with Gasteiger partial charge in [-0.25, -0.2) is 4.79 Å². The van der Waals surface area contributed by atoms with E-state index in [-0.39, 0.29) is 46.7 Å². The Kier molecular flexibility index (Phi) is 6.77. The summed E-state index contributed by atoms with van der Waals surface area (Å²) in [5.74, 6) is 0.693. The van der Waals surface area contributed by atoms with Crippen molar-refractivity contribution in [2.45, 2.75) is 6.04 Å². The van der Waals surface area contributed by atoms with E-state index in [1.165, 1.54) is 13.2 Å². The molecule has 0 radical (unpaired) electrons. The molecule has 1 N–H and O–H groups in total. The summed E-state index contributed by atoms with van der Waals surface area (Å²) in [6.45, 7) is 0.664. The number of carbonyl (C=O) groups is 3. The topological polar surface area (TPSA) is 93.1 Å². The van der Waals surface area contributed by atoms with Gasteiger partial charge in [-0.3, -0.25) is 9.59 Å². The van der Waals surface area contributed by atoms with Gasteiger partial charge >= 0.3 is 5.97 Å². The van der Waals surface area contributed by atoms with Crippen molar-refractivity contribution in [3.63, 3.8) is 0 Å². The van der Waals surface area contributed by atoms with Crippen LogP contribution in [-0.4, -0.2) is 66.0 Å². The molecule has 0 bridgehead atoms. The van der Waals surface area contributed by atoms with Gasteiger partial charge in [-0.2, -0.15) is 11.8 Å². The fourth-order valence-electron chi connectivity index (χ4n) is 3.14. The number of methoxy groups -OCH3 is 1. The summed E-state index contributed by atoms with van der Waals surface area (Å²) < 4.78 is 10.6. The molecule has 1 atom stereocenters. The van der Waals surface area contributed by atoms with Crippen molar-refractivity contribution in [3.8, 4) is 11.5 Å². The highest BCUT2D eigenvalue weighted by molar-refractivity contribution is 7.99. The van der Waals surface area contributed by atoms with E-state index in [9.17, 15) is 19.5 Å². The molecular formula is C21H21NO6S. The van der Waals surface area contributed by atoms with Crippen LogP contribution in [0.1, 0.15) is 31.1 Å². The van der Waals surface area contributed by atoms with Crippen LogP contribution in [0.5, 0.6) is 11.5 Å². The van der Waals surface area contributed by atoms with Gasteiger partial charge in [0, 0.05) is 18.1 Å². The summed E-state index contributed by atoms with van der Waals surface area (Å²) in [7, 11) is 1.28. The number of carbonyl (C=O) groups excluding carboxylic acids is 3. The Morgan fingerprint density at radius 2 is 1.97 bits per heavy atom. The van der Waals surface area contributed by atoms with E-state index in [1.807, 2.05) is 0 Å². The zero-order valence-electron chi connectivity index (χ0n) is 15.9. The van der Waals surface area contributed by atoms with Gasteiger partial charge in [0.15, 0.2) is 6.29 Å². The summed E-state index contributed by atoms with van der Waals surface area (Å²) in [6.07, 6.45) is 0.538. The molecule has 1 heterocycles. The molecule has 1 amide bonds. The van der Waals surface area contributed by atoms with Crippen LogP contribution in [0.25, 0.3) is 0 Å². The summed E-state index contributed by atoms with van der Waals surface area (Å²) in [4.78, 5) is 38.2.